The summed E-state index contributed by atoms with van der Waals surface area (Å²) >= 11 is 0. The van der Waals surface area contributed by atoms with Crippen LogP contribution in [0.1, 0.15) is 24.6 Å². The Hall–Kier alpha value is -1.52. The zero-order chi connectivity index (χ0) is 17.3. The number of nitrogens with one attached hydrogen (secondary N) is 1. The maximum Gasteiger partial charge on any atom is 0.330 e. The van der Waals surface area contributed by atoms with E-state index in [9.17, 15) is 19.8 Å². The van der Waals surface area contributed by atoms with Gasteiger partial charge in [0.05, 0.1) is 6.61 Å². The smallest absolute Gasteiger partial charge is 0.330 e. The van der Waals surface area contributed by atoms with Crippen molar-refractivity contribution in [3.05, 3.63) is 32.6 Å². The van der Waals surface area contributed by atoms with Crippen LogP contribution in [0.15, 0.2) is 15.8 Å². The minimum atomic E-state index is -1.06. The first-order valence-electron chi connectivity index (χ1n) is 8.09. The Bertz CT molecular complexity index is 681. The van der Waals surface area contributed by atoms with E-state index in [2.05, 4.69) is 9.88 Å². The molecule has 0 amide bonds. The Morgan fingerprint density at radius 1 is 1.38 bits per heavy atom. The second kappa shape index (κ2) is 7.16. The molecule has 1 aromatic heterocycles. The Kier molecular flexibility index (Phi) is 5.16. The molecule has 3 rings (SSSR count). The zero-order valence-electron chi connectivity index (χ0n) is 13.6. The monoisotopic (exact) mass is 341 g/mol. The normalized spacial score (nSPS) is 31.0. The largest absolute Gasteiger partial charge is 0.394 e. The van der Waals surface area contributed by atoms with Crippen LogP contribution >= 0.6 is 0 Å². The molecule has 1 aromatic rings. The Morgan fingerprint density at radius 2 is 2.08 bits per heavy atom. The van der Waals surface area contributed by atoms with Crippen molar-refractivity contribution >= 4 is 0 Å². The topological polar surface area (TPSA) is 117 Å². The molecule has 9 nitrogen and oxygen atoms in total. The average Bonchev–Trinajstić information content (AvgIpc) is 3.17. The summed E-state index contributed by atoms with van der Waals surface area (Å²) in [6.45, 7) is 1.90. The molecule has 2 aliphatic heterocycles. The van der Waals surface area contributed by atoms with Crippen LogP contribution in [0.25, 0.3) is 0 Å². The minimum absolute atomic E-state index is 0.393. The summed E-state index contributed by atoms with van der Waals surface area (Å²) in [5.74, 6) is 0. The van der Waals surface area contributed by atoms with Gasteiger partial charge in [-0.25, -0.2) is 4.79 Å². The summed E-state index contributed by atoms with van der Waals surface area (Å²) in [5, 5.41) is 19.4. The summed E-state index contributed by atoms with van der Waals surface area (Å²) in [5.41, 5.74) is -0.603. The van der Waals surface area contributed by atoms with Crippen LogP contribution in [-0.4, -0.2) is 69.8 Å². The highest BCUT2D eigenvalue weighted by Crippen LogP contribution is 2.30. The summed E-state index contributed by atoms with van der Waals surface area (Å²) < 4.78 is 12.0. The first-order valence-corrected chi connectivity index (χ1v) is 8.09. The number of aromatic nitrogens is 2. The first-order chi connectivity index (χ1) is 11.5. The summed E-state index contributed by atoms with van der Waals surface area (Å²) in [4.78, 5) is 28.7. The van der Waals surface area contributed by atoms with E-state index in [1.807, 2.05) is 0 Å². The lowest BCUT2D eigenvalue weighted by Gasteiger charge is -2.21. The van der Waals surface area contributed by atoms with Gasteiger partial charge in [0.2, 0.25) is 0 Å². The lowest BCUT2D eigenvalue weighted by molar-refractivity contribution is -0.0627. The van der Waals surface area contributed by atoms with Gasteiger partial charge < -0.3 is 19.7 Å². The number of aromatic amines is 1. The third-order valence-electron chi connectivity index (χ3n) is 4.67. The Labute approximate surface area is 138 Å². The van der Waals surface area contributed by atoms with Crippen LogP contribution in [0, 0.1) is 0 Å². The van der Waals surface area contributed by atoms with Crippen LogP contribution < -0.4 is 11.2 Å². The molecule has 4 unspecified atom stereocenters. The molecule has 134 valence electrons. The Balaban J connectivity index is 1.92. The third-order valence-corrected chi connectivity index (χ3v) is 4.67. The molecule has 4 atom stereocenters. The lowest BCUT2D eigenvalue weighted by Crippen LogP contribution is -2.40. The van der Waals surface area contributed by atoms with Crippen molar-refractivity contribution in [2.24, 2.45) is 0 Å². The Morgan fingerprint density at radius 3 is 2.71 bits per heavy atom. The summed E-state index contributed by atoms with van der Waals surface area (Å²) in [6, 6.07) is 0. The number of hydrogen-bond acceptors (Lipinski definition) is 7. The van der Waals surface area contributed by atoms with Gasteiger partial charge in [-0.2, -0.15) is 0 Å². The number of aliphatic hydroxyl groups excluding tert-OH is 2. The van der Waals surface area contributed by atoms with Gasteiger partial charge in [-0.3, -0.25) is 19.2 Å². The second-order valence-corrected chi connectivity index (χ2v) is 6.24. The molecule has 0 saturated carbocycles. The van der Waals surface area contributed by atoms with Crippen LogP contribution in [-0.2, 0) is 16.0 Å². The predicted octanol–water partition coefficient (Wildman–Crippen LogP) is -1.60. The van der Waals surface area contributed by atoms with Crippen molar-refractivity contribution in [2.75, 3.05) is 26.8 Å². The fourth-order valence-electron chi connectivity index (χ4n) is 3.36. The zero-order valence-corrected chi connectivity index (χ0v) is 13.6. The summed E-state index contributed by atoms with van der Waals surface area (Å²) in [6.07, 6.45) is 0.0161. The maximum atomic E-state index is 12.2. The number of nitrogens with zero attached hydrogens (tertiary/aromatic N) is 2. The van der Waals surface area contributed by atoms with Crippen molar-refractivity contribution in [1.29, 1.82) is 0 Å². The third kappa shape index (κ3) is 3.17. The fraction of sp³-hybridized carbons (Fsp3) is 0.733. The molecule has 0 spiro atoms. The molecule has 24 heavy (non-hydrogen) atoms. The van der Waals surface area contributed by atoms with Crippen LogP contribution in [0.4, 0.5) is 0 Å². The fourth-order valence-corrected chi connectivity index (χ4v) is 3.36. The molecule has 0 aromatic carbocycles. The van der Waals surface area contributed by atoms with Crippen LogP contribution in [0.5, 0.6) is 0 Å². The summed E-state index contributed by atoms with van der Waals surface area (Å²) in [7, 11) is 1.39. The molecule has 0 aliphatic carbocycles. The minimum Gasteiger partial charge on any atom is -0.394 e. The molecule has 0 bridgehead atoms. The highest BCUT2D eigenvalue weighted by molar-refractivity contribution is 5.06. The van der Waals surface area contributed by atoms with Gasteiger partial charge in [0.1, 0.15) is 18.3 Å². The molecule has 3 N–H and O–H groups in total. The average molecular weight is 341 g/mol. The molecule has 2 saturated heterocycles. The molecule has 0 radical (unpaired) electrons. The molecular formula is C15H23N3O6. The number of aliphatic hydroxyl groups is 2. The van der Waals surface area contributed by atoms with Crippen molar-refractivity contribution in [3.8, 4) is 0 Å². The van der Waals surface area contributed by atoms with E-state index in [1.165, 1.54) is 17.9 Å². The molecule has 3 heterocycles. The van der Waals surface area contributed by atoms with Crippen molar-refractivity contribution in [1.82, 2.24) is 14.5 Å². The quantitative estimate of drug-likeness (QED) is 0.590. The number of methoxy groups -OCH3 is 1. The van der Waals surface area contributed by atoms with E-state index < -0.39 is 42.4 Å². The van der Waals surface area contributed by atoms with Gasteiger partial charge in [0, 0.05) is 25.4 Å². The number of hydrogen-bond donors (Lipinski definition) is 3. The van der Waals surface area contributed by atoms with Gasteiger partial charge in [-0.05, 0) is 25.9 Å². The number of H-pyrrole nitrogens is 1. The highest BCUT2D eigenvalue weighted by Gasteiger charge is 2.45. The standard InChI is InChI=1S/C15H23N3O6/c1-23-12-11(20)10(8-19)24-14(12)18-7-9(13(21)16-15(18)22)6-17-4-2-3-5-17/h7,10-12,14,19-20H,2-6,8H2,1H3,(H,16,21,22). The van der Waals surface area contributed by atoms with Crippen molar-refractivity contribution in [2.45, 2.75) is 43.9 Å². The van der Waals surface area contributed by atoms with Gasteiger partial charge >= 0.3 is 5.69 Å². The molecule has 2 aliphatic rings. The molecular weight excluding hydrogens is 318 g/mol. The van der Waals surface area contributed by atoms with E-state index in [-0.39, 0.29) is 0 Å². The maximum absolute atomic E-state index is 12.2. The van der Waals surface area contributed by atoms with Gasteiger partial charge in [-0.15, -0.1) is 0 Å². The number of likely N-dealkylation sites (tertiary alicyclic amines) is 1. The van der Waals surface area contributed by atoms with E-state index >= 15 is 0 Å². The van der Waals surface area contributed by atoms with Gasteiger partial charge in [-0.1, -0.05) is 0 Å². The van der Waals surface area contributed by atoms with Crippen molar-refractivity contribution in [3.63, 3.8) is 0 Å². The first kappa shape index (κ1) is 17.3. The van der Waals surface area contributed by atoms with Crippen LogP contribution in [0.2, 0.25) is 0 Å². The predicted molar refractivity (Wildman–Crippen MR) is 83.6 cm³/mol. The molecule has 2 fully saturated rings. The van der Waals surface area contributed by atoms with Gasteiger partial charge in [0.15, 0.2) is 6.23 Å². The van der Waals surface area contributed by atoms with E-state index in [1.54, 1.807) is 0 Å². The SMILES string of the molecule is COC1C(O)C(CO)OC1n1cc(CN2CCCC2)c(=O)[nH]c1=O. The highest BCUT2D eigenvalue weighted by atomic mass is 16.6. The van der Waals surface area contributed by atoms with E-state index in [4.69, 9.17) is 9.47 Å². The van der Waals surface area contributed by atoms with E-state index in [0.29, 0.717) is 12.1 Å². The lowest BCUT2D eigenvalue weighted by atomic mass is 10.1. The second-order valence-electron chi connectivity index (χ2n) is 6.24. The van der Waals surface area contributed by atoms with Crippen molar-refractivity contribution < 1.29 is 19.7 Å². The number of ether oxygens (including phenoxy) is 2. The van der Waals surface area contributed by atoms with E-state index in [0.717, 1.165) is 25.9 Å². The molecule has 9 heteroatoms. The number of rotatable bonds is 5. The van der Waals surface area contributed by atoms with Crippen LogP contribution in [0.3, 0.4) is 0 Å². The van der Waals surface area contributed by atoms with Gasteiger partial charge in [0.25, 0.3) is 5.56 Å².